The number of methoxy groups -OCH3 is 2. The minimum atomic E-state index is -0.233. The SMILES string of the molecule is COc1cccc(C2(c3cccc(OC)c3)CC3c4ccccc4C2c2cccc[n+]23)c1.[Cl-]. The molecule has 0 saturated carbocycles. The summed E-state index contributed by atoms with van der Waals surface area (Å²) in [7, 11) is 3.48. The minimum absolute atomic E-state index is 0. The molecule has 4 aromatic rings. The van der Waals surface area contributed by atoms with Gasteiger partial charge in [0.1, 0.15) is 11.5 Å². The van der Waals surface area contributed by atoms with Crippen molar-refractivity contribution in [3.8, 4) is 11.5 Å². The van der Waals surface area contributed by atoms with Crippen LogP contribution in [0, 0.1) is 0 Å². The van der Waals surface area contributed by atoms with Crippen LogP contribution in [0.5, 0.6) is 11.5 Å². The molecule has 3 nitrogen and oxygen atoms in total. The van der Waals surface area contributed by atoms with E-state index in [0.717, 1.165) is 17.9 Å². The molecule has 0 saturated heterocycles. The van der Waals surface area contributed by atoms with Gasteiger partial charge in [-0.3, -0.25) is 0 Å². The minimum Gasteiger partial charge on any atom is -1.00 e. The zero-order valence-corrected chi connectivity index (χ0v) is 19.5. The maximum absolute atomic E-state index is 5.66. The van der Waals surface area contributed by atoms with E-state index in [1.54, 1.807) is 14.2 Å². The number of halogens is 1. The van der Waals surface area contributed by atoms with Crippen LogP contribution in [0.15, 0.2) is 97.2 Å². The van der Waals surface area contributed by atoms with Crippen molar-refractivity contribution in [2.75, 3.05) is 14.2 Å². The number of nitrogens with zero attached hydrogens (tertiary/aromatic N) is 1. The molecule has 3 aliphatic rings. The molecule has 1 aliphatic carbocycles. The topological polar surface area (TPSA) is 22.3 Å². The Morgan fingerprint density at radius 2 is 1.33 bits per heavy atom. The average molecular weight is 456 g/mol. The molecule has 0 N–H and O–H groups in total. The molecule has 4 heteroatoms. The van der Waals surface area contributed by atoms with Crippen molar-refractivity contribution in [1.29, 1.82) is 0 Å². The first kappa shape index (κ1) is 21.5. The molecule has 2 aliphatic heterocycles. The molecular formula is C29H26ClNO2. The Labute approximate surface area is 201 Å². The van der Waals surface area contributed by atoms with Gasteiger partial charge in [-0.15, -0.1) is 0 Å². The van der Waals surface area contributed by atoms with E-state index < -0.39 is 0 Å². The highest BCUT2D eigenvalue weighted by atomic mass is 35.5. The number of fused-ring (bicyclic) bond motifs is 1. The third-order valence-electron chi connectivity index (χ3n) is 7.40. The lowest BCUT2D eigenvalue weighted by Crippen LogP contribution is -3.00. The monoisotopic (exact) mass is 455 g/mol. The number of ether oxygens (including phenoxy) is 2. The highest BCUT2D eigenvalue weighted by Crippen LogP contribution is 2.59. The lowest BCUT2D eigenvalue weighted by molar-refractivity contribution is -0.732. The molecule has 0 radical (unpaired) electrons. The number of benzene rings is 3. The molecule has 0 fully saturated rings. The summed E-state index contributed by atoms with van der Waals surface area (Å²) in [4.78, 5) is 0. The second-order valence-electron chi connectivity index (χ2n) is 8.75. The molecule has 166 valence electrons. The van der Waals surface area contributed by atoms with Gasteiger partial charge in [0, 0.05) is 29.5 Å². The number of hydrogen-bond donors (Lipinski definition) is 0. The van der Waals surface area contributed by atoms with E-state index >= 15 is 0 Å². The lowest BCUT2D eigenvalue weighted by Gasteiger charge is -2.50. The molecule has 3 aromatic carbocycles. The average Bonchev–Trinajstić information content (AvgIpc) is 2.88. The summed E-state index contributed by atoms with van der Waals surface area (Å²) < 4.78 is 13.8. The molecule has 7 rings (SSSR count). The molecule has 3 heterocycles. The quantitative estimate of drug-likeness (QED) is 0.441. The van der Waals surface area contributed by atoms with Crippen molar-refractivity contribution in [2.24, 2.45) is 0 Å². The fourth-order valence-electron chi connectivity index (χ4n) is 6.07. The summed E-state index contributed by atoms with van der Waals surface area (Å²) in [5.41, 5.74) is 6.54. The van der Waals surface area contributed by atoms with Gasteiger partial charge >= 0.3 is 0 Å². The molecule has 0 spiro atoms. The molecule has 2 unspecified atom stereocenters. The highest BCUT2D eigenvalue weighted by molar-refractivity contribution is 5.56. The highest BCUT2D eigenvalue weighted by Gasteiger charge is 2.59. The molecular weight excluding hydrogens is 430 g/mol. The molecule has 2 bridgehead atoms. The van der Waals surface area contributed by atoms with Gasteiger partial charge in [0.05, 0.1) is 20.1 Å². The number of pyridine rings is 1. The van der Waals surface area contributed by atoms with Gasteiger partial charge in [-0.25, -0.2) is 0 Å². The first-order valence-corrected chi connectivity index (χ1v) is 11.1. The predicted octanol–water partition coefficient (Wildman–Crippen LogP) is 2.42. The summed E-state index contributed by atoms with van der Waals surface area (Å²) in [6, 6.07) is 33.1. The van der Waals surface area contributed by atoms with Crippen molar-refractivity contribution in [1.82, 2.24) is 0 Å². The van der Waals surface area contributed by atoms with E-state index in [2.05, 4.69) is 89.6 Å². The first-order chi connectivity index (χ1) is 15.8. The largest absolute Gasteiger partial charge is 1.00 e. The van der Waals surface area contributed by atoms with Crippen molar-refractivity contribution in [3.05, 3.63) is 125 Å². The van der Waals surface area contributed by atoms with Crippen LogP contribution in [-0.2, 0) is 5.41 Å². The second-order valence-corrected chi connectivity index (χ2v) is 8.75. The van der Waals surface area contributed by atoms with Gasteiger partial charge in [0.15, 0.2) is 17.9 Å². The van der Waals surface area contributed by atoms with E-state index in [-0.39, 0.29) is 29.8 Å². The van der Waals surface area contributed by atoms with E-state index in [1.165, 1.54) is 27.9 Å². The number of rotatable bonds is 4. The van der Waals surface area contributed by atoms with Crippen LogP contribution in [0.1, 0.15) is 46.3 Å². The van der Waals surface area contributed by atoms with Crippen molar-refractivity contribution in [2.45, 2.75) is 23.8 Å². The molecule has 33 heavy (non-hydrogen) atoms. The number of hydrogen-bond acceptors (Lipinski definition) is 2. The van der Waals surface area contributed by atoms with Gasteiger partial charge in [0.2, 0.25) is 0 Å². The fourth-order valence-corrected chi connectivity index (χ4v) is 6.07. The third-order valence-corrected chi connectivity index (χ3v) is 7.40. The summed E-state index contributed by atoms with van der Waals surface area (Å²) >= 11 is 0. The Kier molecular flexibility index (Phi) is 5.38. The van der Waals surface area contributed by atoms with Crippen LogP contribution in [0.3, 0.4) is 0 Å². The summed E-state index contributed by atoms with van der Waals surface area (Å²) in [5.74, 6) is 1.96. The van der Waals surface area contributed by atoms with Crippen LogP contribution >= 0.6 is 0 Å². The Bertz CT molecular complexity index is 1220. The van der Waals surface area contributed by atoms with Crippen LogP contribution < -0.4 is 26.4 Å². The third kappa shape index (κ3) is 3.07. The maximum atomic E-state index is 5.66. The van der Waals surface area contributed by atoms with Crippen LogP contribution in [-0.4, -0.2) is 14.2 Å². The van der Waals surface area contributed by atoms with Crippen LogP contribution in [0.4, 0.5) is 0 Å². The van der Waals surface area contributed by atoms with E-state index in [4.69, 9.17) is 9.47 Å². The predicted molar refractivity (Wildman–Crippen MR) is 124 cm³/mol. The zero-order chi connectivity index (χ0) is 21.7. The van der Waals surface area contributed by atoms with E-state index in [1.807, 2.05) is 12.1 Å². The maximum Gasteiger partial charge on any atom is 0.190 e. The first-order valence-electron chi connectivity index (χ1n) is 11.1. The van der Waals surface area contributed by atoms with Gasteiger partial charge in [0.25, 0.3) is 0 Å². The number of aromatic nitrogens is 1. The van der Waals surface area contributed by atoms with E-state index in [9.17, 15) is 0 Å². The Balaban J connectivity index is 0.00000228. The zero-order valence-electron chi connectivity index (χ0n) is 18.7. The Morgan fingerprint density at radius 1 is 0.727 bits per heavy atom. The molecule has 1 aromatic heterocycles. The smallest absolute Gasteiger partial charge is 0.190 e. The summed E-state index contributed by atoms with van der Waals surface area (Å²) in [6.07, 6.45) is 3.22. The van der Waals surface area contributed by atoms with E-state index in [0.29, 0.717) is 0 Å². The summed E-state index contributed by atoms with van der Waals surface area (Å²) in [6.45, 7) is 0. The van der Waals surface area contributed by atoms with Crippen LogP contribution in [0.2, 0.25) is 0 Å². The Morgan fingerprint density at radius 3 is 1.97 bits per heavy atom. The fraction of sp³-hybridized carbons (Fsp3) is 0.207. The van der Waals surface area contributed by atoms with Crippen molar-refractivity contribution < 1.29 is 26.4 Å². The van der Waals surface area contributed by atoms with Crippen molar-refractivity contribution >= 4 is 0 Å². The standard InChI is InChI=1S/C29H26NO2.ClH/c1-31-22-11-7-9-20(17-22)29(21-10-8-12-23(18-21)32-2)19-27-24-13-3-4-14-25(24)28(29)26-15-5-6-16-30(26)27;/h3-18,27-28H,19H2,1-2H3;1H/q+1;/p-1. The van der Waals surface area contributed by atoms with Gasteiger partial charge in [-0.05, 0) is 41.0 Å². The molecule has 2 atom stereocenters. The van der Waals surface area contributed by atoms with Gasteiger partial charge in [-0.1, -0.05) is 54.6 Å². The normalized spacial score (nSPS) is 19.1. The summed E-state index contributed by atoms with van der Waals surface area (Å²) in [5, 5.41) is 0. The Hall–Kier alpha value is -3.30. The van der Waals surface area contributed by atoms with Crippen molar-refractivity contribution in [3.63, 3.8) is 0 Å². The van der Waals surface area contributed by atoms with Crippen LogP contribution in [0.25, 0.3) is 0 Å². The molecule has 0 amide bonds. The second kappa shape index (κ2) is 8.24. The van der Waals surface area contributed by atoms with Gasteiger partial charge in [-0.2, -0.15) is 4.57 Å². The van der Waals surface area contributed by atoms with Gasteiger partial charge < -0.3 is 21.9 Å². The lowest BCUT2D eigenvalue weighted by atomic mass is 9.53.